The molecule has 0 bridgehead atoms. The molecule has 0 aliphatic heterocycles. The molecule has 11 aromatic carbocycles. The van der Waals surface area contributed by atoms with E-state index in [0.29, 0.717) is 5.82 Å². The van der Waals surface area contributed by atoms with Crippen LogP contribution in [0.1, 0.15) is 0 Å². The number of fused-ring (bicyclic) bond motifs is 10. The molecule has 4 heteroatoms. The molecule has 68 heavy (non-hydrogen) atoms. The topological polar surface area (TPSA) is 25.8 Å². The highest BCUT2D eigenvalue weighted by atomic mass is 32.1. The summed E-state index contributed by atoms with van der Waals surface area (Å²) in [5.74, 6) is 0.690. The van der Waals surface area contributed by atoms with Gasteiger partial charge >= 0.3 is 0 Å². The van der Waals surface area contributed by atoms with E-state index in [1.54, 1.807) is 0 Å². The second kappa shape index (κ2) is 15.7. The molecule has 0 aliphatic carbocycles. The van der Waals surface area contributed by atoms with Crippen LogP contribution in [0.15, 0.2) is 231 Å². The van der Waals surface area contributed by atoms with Crippen LogP contribution in [-0.4, -0.2) is 9.97 Å². The third kappa shape index (κ3) is 6.52. The van der Waals surface area contributed by atoms with E-state index in [2.05, 4.69) is 224 Å². The number of hydrogen-bond donors (Lipinski definition) is 0. The van der Waals surface area contributed by atoms with E-state index in [1.807, 2.05) is 28.7 Å². The van der Waals surface area contributed by atoms with Crippen molar-refractivity contribution in [3.63, 3.8) is 0 Å². The summed E-state index contributed by atoms with van der Waals surface area (Å²) < 4.78 is 5.19. The van der Waals surface area contributed by atoms with Gasteiger partial charge in [0.2, 0.25) is 0 Å². The maximum absolute atomic E-state index is 5.42. The molecule has 0 amide bonds. The van der Waals surface area contributed by atoms with Gasteiger partial charge in [0.25, 0.3) is 0 Å². The highest BCUT2D eigenvalue weighted by molar-refractivity contribution is 7.26. The van der Waals surface area contributed by atoms with Crippen LogP contribution >= 0.6 is 22.7 Å². The molecule has 0 radical (unpaired) electrons. The van der Waals surface area contributed by atoms with Crippen molar-refractivity contribution in [2.24, 2.45) is 0 Å². The van der Waals surface area contributed by atoms with Crippen LogP contribution in [0.5, 0.6) is 0 Å². The van der Waals surface area contributed by atoms with Gasteiger partial charge in [0.05, 0.1) is 11.4 Å². The van der Waals surface area contributed by atoms with Gasteiger partial charge in [-0.05, 0) is 138 Å². The Morgan fingerprint density at radius 2 is 0.750 bits per heavy atom. The molecule has 0 unspecified atom stereocenters. The molecule has 0 N–H and O–H groups in total. The van der Waals surface area contributed by atoms with Crippen molar-refractivity contribution in [2.45, 2.75) is 0 Å². The Balaban J connectivity index is 0.982. The molecule has 14 aromatic rings. The maximum Gasteiger partial charge on any atom is 0.160 e. The maximum atomic E-state index is 5.42. The molecular formula is C64H38N2S2. The number of hydrogen-bond acceptors (Lipinski definition) is 4. The molecule has 0 saturated carbocycles. The first kappa shape index (κ1) is 38.9. The third-order valence-electron chi connectivity index (χ3n) is 13.6. The molecule has 3 heterocycles. The average molecular weight is 899 g/mol. The lowest BCUT2D eigenvalue weighted by molar-refractivity contribution is 1.18. The van der Waals surface area contributed by atoms with E-state index in [1.165, 1.54) is 89.4 Å². The van der Waals surface area contributed by atoms with Crippen LogP contribution in [0, 0.1) is 0 Å². The molecule has 0 spiro atoms. The highest BCUT2D eigenvalue weighted by Gasteiger charge is 2.18. The fourth-order valence-corrected chi connectivity index (χ4v) is 12.5. The Labute approximate surface area is 400 Å². The Morgan fingerprint density at radius 1 is 0.235 bits per heavy atom. The third-order valence-corrected chi connectivity index (χ3v) is 15.9. The lowest BCUT2D eigenvalue weighted by Gasteiger charge is -2.16. The molecule has 14 rings (SSSR count). The summed E-state index contributed by atoms with van der Waals surface area (Å²) in [6.07, 6.45) is 0. The summed E-state index contributed by atoms with van der Waals surface area (Å²) >= 11 is 3.70. The summed E-state index contributed by atoms with van der Waals surface area (Å²) in [4.78, 5) is 10.8. The van der Waals surface area contributed by atoms with Crippen molar-refractivity contribution < 1.29 is 0 Å². The molecule has 0 aliphatic rings. The molecule has 316 valence electrons. The minimum atomic E-state index is 0.690. The second-order valence-corrected chi connectivity index (χ2v) is 19.8. The Kier molecular flexibility index (Phi) is 8.98. The second-order valence-electron chi connectivity index (χ2n) is 17.7. The van der Waals surface area contributed by atoms with E-state index < -0.39 is 0 Å². The summed E-state index contributed by atoms with van der Waals surface area (Å²) in [6, 6.07) is 84.2. The number of rotatable bonds is 6. The van der Waals surface area contributed by atoms with Gasteiger partial charge < -0.3 is 0 Å². The largest absolute Gasteiger partial charge is 0.228 e. The van der Waals surface area contributed by atoms with Gasteiger partial charge in [0, 0.05) is 57.0 Å². The van der Waals surface area contributed by atoms with Crippen molar-refractivity contribution in [1.82, 2.24) is 9.97 Å². The van der Waals surface area contributed by atoms with Gasteiger partial charge in [-0.3, -0.25) is 0 Å². The van der Waals surface area contributed by atoms with Crippen LogP contribution < -0.4 is 0 Å². The number of benzene rings is 11. The van der Waals surface area contributed by atoms with Crippen molar-refractivity contribution in [3.05, 3.63) is 231 Å². The Morgan fingerprint density at radius 3 is 1.44 bits per heavy atom. The lowest BCUT2D eigenvalue weighted by Crippen LogP contribution is -1.97. The van der Waals surface area contributed by atoms with E-state index in [-0.39, 0.29) is 0 Å². The summed E-state index contributed by atoms with van der Waals surface area (Å²) in [5.41, 5.74) is 11.8. The van der Waals surface area contributed by atoms with E-state index in [9.17, 15) is 0 Å². The van der Waals surface area contributed by atoms with Crippen LogP contribution in [0.2, 0.25) is 0 Å². The summed E-state index contributed by atoms with van der Waals surface area (Å²) in [5, 5.41) is 12.6. The monoisotopic (exact) mass is 898 g/mol. The van der Waals surface area contributed by atoms with Crippen molar-refractivity contribution in [3.8, 4) is 67.3 Å². The van der Waals surface area contributed by atoms with Crippen molar-refractivity contribution in [1.29, 1.82) is 0 Å². The van der Waals surface area contributed by atoms with Crippen LogP contribution in [0.25, 0.3) is 140 Å². The normalized spacial score (nSPS) is 11.8. The Hall–Kier alpha value is -8.28. The smallest absolute Gasteiger partial charge is 0.160 e. The van der Waals surface area contributed by atoms with Gasteiger partial charge in [0.1, 0.15) is 0 Å². The predicted octanol–water partition coefficient (Wildman–Crippen LogP) is 18.7. The zero-order valence-corrected chi connectivity index (χ0v) is 38.3. The zero-order valence-electron chi connectivity index (χ0n) is 36.7. The van der Waals surface area contributed by atoms with Gasteiger partial charge in [-0.1, -0.05) is 158 Å². The first-order chi connectivity index (χ1) is 33.6. The molecule has 0 fully saturated rings. The van der Waals surface area contributed by atoms with E-state index in [4.69, 9.17) is 9.97 Å². The molecular weight excluding hydrogens is 861 g/mol. The number of nitrogens with zero attached hydrogens (tertiary/aromatic N) is 2. The first-order valence-electron chi connectivity index (χ1n) is 23.0. The van der Waals surface area contributed by atoms with Gasteiger partial charge in [-0.25, -0.2) is 9.97 Å². The minimum Gasteiger partial charge on any atom is -0.228 e. The zero-order chi connectivity index (χ0) is 44.7. The predicted molar refractivity (Wildman–Crippen MR) is 293 cm³/mol. The van der Waals surface area contributed by atoms with Gasteiger partial charge in [0.15, 0.2) is 5.82 Å². The molecule has 0 saturated heterocycles. The van der Waals surface area contributed by atoms with Crippen molar-refractivity contribution in [2.75, 3.05) is 0 Å². The fraction of sp³-hybridized carbons (Fsp3) is 0. The summed E-state index contributed by atoms with van der Waals surface area (Å²) in [7, 11) is 0. The SMILES string of the molecule is c1ccc(-c2nc(-c3cc(-c4ccc5sc6ccccc6c5c4)cc(-c4ccc5sc6ccccc6c5c4)c3)cc(-c3cccc(-c4c5ccccc5cc5c4ccc4ccccc45)c3)n2)cc1. The standard InChI is InChI=1S/C64H38N2S2/c1-2-14-40(15-3-1)64-65-57(44-17-12-18-45(31-44)63-50-20-7-5-16-43(50)37-54-49-19-6-4-13-39(49)25-28-53(54)63)38-58(66-64)48-33-46(41-26-29-61-55(35-41)51-21-8-10-23-59(51)67-61)32-47(34-48)42-27-30-62-56(36-42)52-22-9-11-24-60(52)68-62/h1-38H. The average Bonchev–Trinajstić information content (AvgIpc) is 3.98. The van der Waals surface area contributed by atoms with Crippen molar-refractivity contribution >= 4 is 95.3 Å². The van der Waals surface area contributed by atoms with Gasteiger partial charge in [-0.15, -0.1) is 22.7 Å². The van der Waals surface area contributed by atoms with Crippen LogP contribution in [0.4, 0.5) is 0 Å². The fourth-order valence-electron chi connectivity index (χ4n) is 10.3. The molecule has 0 atom stereocenters. The molecule has 3 aromatic heterocycles. The van der Waals surface area contributed by atoms with Gasteiger partial charge in [-0.2, -0.15) is 0 Å². The highest BCUT2D eigenvalue weighted by Crippen LogP contribution is 2.43. The van der Waals surface area contributed by atoms with E-state index in [0.717, 1.165) is 44.8 Å². The minimum absolute atomic E-state index is 0.690. The Bertz CT molecular complexity index is 4200. The number of thiophene rings is 2. The summed E-state index contributed by atoms with van der Waals surface area (Å²) in [6.45, 7) is 0. The lowest BCUT2D eigenvalue weighted by atomic mass is 9.89. The number of aromatic nitrogens is 2. The molecule has 2 nitrogen and oxygen atoms in total. The quantitative estimate of drug-likeness (QED) is 0.123. The first-order valence-corrected chi connectivity index (χ1v) is 24.7. The van der Waals surface area contributed by atoms with Crippen LogP contribution in [-0.2, 0) is 0 Å². The van der Waals surface area contributed by atoms with Crippen LogP contribution in [0.3, 0.4) is 0 Å². The van der Waals surface area contributed by atoms with E-state index >= 15 is 0 Å².